The summed E-state index contributed by atoms with van der Waals surface area (Å²) in [5.74, 6) is 0.143. The number of rotatable bonds is 4. The fourth-order valence-electron chi connectivity index (χ4n) is 2.26. The lowest BCUT2D eigenvalue weighted by molar-refractivity contribution is -0.121. The molecule has 114 valence electrons. The van der Waals surface area contributed by atoms with Crippen molar-refractivity contribution < 1.29 is 9.21 Å². The number of para-hydroxylation sites is 1. The highest BCUT2D eigenvalue weighted by Gasteiger charge is 2.14. The van der Waals surface area contributed by atoms with E-state index in [0.717, 1.165) is 5.39 Å². The van der Waals surface area contributed by atoms with Crippen LogP contribution in [0.25, 0.3) is 22.1 Å². The third-order valence-corrected chi connectivity index (χ3v) is 3.37. The van der Waals surface area contributed by atoms with Crippen LogP contribution in [0.1, 0.15) is 13.8 Å². The average Bonchev–Trinajstić information content (AvgIpc) is 2.87. The monoisotopic (exact) mass is 299 g/mol. The minimum Gasteiger partial charge on any atom is -0.448 e. The third-order valence-electron chi connectivity index (χ3n) is 3.37. The van der Waals surface area contributed by atoms with E-state index in [0.29, 0.717) is 23.6 Å². The Labute approximate surface area is 126 Å². The Morgan fingerprint density at radius 2 is 2.14 bits per heavy atom. The number of amides is 1. The van der Waals surface area contributed by atoms with E-state index in [1.54, 1.807) is 6.07 Å². The molecule has 0 aliphatic rings. The van der Waals surface area contributed by atoms with Gasteiger partial charge in [-0.05, 0) is 18.1 Å². The van der Waals surface area contributed by atoms with E-state index >= 15 is 0 Å². The third kappa shape index (κ3) is 2.59. The van der Waals surface area contributed by atoms with Crippen molar-refractivity contribution in [3.63, 3.8) is 0 Å². The molecule has 0 spiro atoms. The van der Waals surface area contributed by atoms with Gasteiger partial charge in [0, 0.05) is 11.9 Å². The molecule has 6 heteroatoms. The molecule has 22 heavy (non-hydrogen) atoms. The smallest absolute Gasteiger partial charge is 0.297 e. The van der Waals surface area contributed by atoms with Crippen LogP contribution in [-0.4, -0.2) is 22.0 Å². The molecule has 0 fully saturated rings. The Hall–Kier alpha value is -2.63. The van der Waals surface area contributed by atoms with Crippen LogP contribution in [0.5, 0.6) is 0 Å². The summed E-state index contributed by atoms with van der Waals surface area (Å²) in [5.41, 5.74) is 0.977. The first-order chi connectivity index (χ1) is 10.6. The standard InChI is InChI=1S/C16H17N3O3/c1-10(2)7-17-13(20)8-19-9-18-14-11-5-3-4-6-12(11)22-15(14)16(19)21/h3-6,9-10H,7-8H2,1-2H3,(H,17,20). The normalized spacial score (nSPS) is 11.4. The molecule has 6 nitrogen and oxygen atoms in total. The zero-order chi connectivity index (χ0) is 15.7. The molecular weight excluding hydrogens is 282 g/mol. The Balaban J connectivity index is 1.95. The number of fused-ring (bicyclic) bond motifs is 3. The van der Waals surface area contributed by atoms with Crippen LogP contribution in [-0.2, 0) is 11.3 Å². The van der Waals surface area contributed by atoms with E-state index in [4.69, 9.17) is 4.42 Å². The van der Waals surface area contributed by atoms with Gasteiger partial charge in [0.05, 0.1) is 6.33 Å². The van der Waals surface area contributed by atoms with E-state index in [2.05, 4.69) is 10.3 Å². The van der Waals surface area contributed by atoms with Gasteiger partial charge in [0.1, 0.15) is 17.6 Å². The van der Waals surface area contributed by atoms with Crippen LogP contribution >= 0.6 is 0 Å². The van der Waals surface area contributed by atoms with Gasteiger partial charge in [0.25, 0.3) is 5.56 Å². The van der Waals surface area contributed by atoms with Crippen LogP contribution in [0.3, 0.4) is 0 Å². The maximum absolute atomic E-state index is 12.4. The predicted octanol–water partition coefficient (Wildman–Crippen LogP) is 1.91. The van der Waals surface area contributed by atoms with E-state index < -0.39 is 0 Å². The van der Waals surface area contributed by atoms with E-state index in [1.807, 2.05) is 32.0 Å². The zero-order valence-electron chi connectivity index (χ0n) is 12.5. The lowest BCUT2D eigenvalue weighted by Gasteiger charge is -2.08. The van der Waals surface area contributed by atoms with Crippen molar-refractivity contribution in [1.29, 1.82) is 0 Å². The Morgan fingerprint density at radius 1 is 1.36 bits per heavy atom. The van der Waals surface area contributed by atoms with Crippen LogP contribution in [0.2, 0.25) is 0 Å². The molecule has 0 saturated heterocycles. The molecule has 2 aromatic heterocycles. The van der Waals surface area contributed by atoms with E-state index in [-0.39, 0.29) is 23.6 Å². The molecule has 2 heterocycles. The SMILES string of the molecule is CC(C)CNC(=O)Cn1cnc2c(oc3ccccc32)c1=O. The Morgan fingerprint density at radius 3 is 2.91 bits per heavy atom. The fourth-order valence-corrected chi connectivity index (χ4v) is 2.26. The molecule has 0 aliphatic carbocycles. The highest BCUT2D eigenvalue weighted by Crippen LogP contribution is 2.23. The first-order valence-electron chi connectivity index (χ1n) is 7.19. The highest BCUT2D eigenvalue weighted by atomic mass is 16.3. The number of hydrogen-bond donors (Lipinski definition) is 1. The van der Waals surface area contributed by atoms with E-state index in [1.165, 1.54) is 10.9 Å². The van der Waals surface area contributed by atoms with Crippen molar-refractivity contribution in [1.82, 2.24) is 14.9 Å². The average molecular weight is 299 g/mol. The van der Waals surface area contributed by atoms with E-state index in [9.17, 15) is 9.59 Å². The minimum absolute atomic E-state index is 0.0639. The van der Waals surface area contributed by atoms with Gasteiger partial charge < -0.3 is 9.73 Å². The second-order valence-electron chi connectivity index (χ2n) is 5.65. The molecule has 0 atom stereocenters. The molecule has 1 amide bonds. The van der Waals surface area contributed by atoms with Gasteiger partial charge in [-0.1, -0.05) is 26.0 Å². The fraction of sp³-hybridized carbons (Fsp3) is 0.312. The number of aromatic nitrogens is 2. The van der Waals surface area contributed by atoms with Crippen molar-refractivity contribution in [2.24, 2.45) is 5.92 Å². The van der Waals surface area contributed by atoms with Crippen molar-refractivity contribution >= 4 is 28.0 Å². The van der Waals surface area contributed by atoms with Crippen molar-refractivity contribution in [2.45, 2.75) is 20.4 Å². The minimum atomic E-state index is -0.346. The second kappa shape index (κ2) is 5.63. The Bertz CT molecular complexity index is 892. The number of hydrogen-bond acceptors (Lipinski definition) is 4. The molecule has 1 aromatic carbocycles. The molecule has 3 rings (SSSR count). The molecule has 0 bridgehead atoms. The highest BCUT2D eigenvalue weighted by molar-refractivity contribution is 6.01. The zero-order valence-corrected chi connectivity index (χ0v) is 12.5. The summed E-state index contributed by atoms with van der Waals surface area (Å²) < 4.78 is 6.84. The topological polar surface area (TPSA) is 77.1 Å². The summed E-state index contributed by atoms with van der Waals surface area (Å²) in [7, 11) is 0. The summed E-state index contributed by atoms with van der Waals surface area (Å²) in [6.07, 6.45) is 1.39. The van der Waals surface area contributed by atoms with Gasteiger partial charge in [0.2, 0.25) is 11.5 Å². The first kappa shape index (κ1) is 14.3. The molecular formula is C16H17N3O3. The van der Waals surface area contributed by atoms with Crippen LogP contribution in [0.15, 0.2) is 39.8 Å². The molecule has 0 aliphatic heterocycles. The van der Waals surface area contributed by atoms with Crippen LogP contribution in [0, 0.1) is 5.92 Å². The van der Waals surface area contributed by atoms with Crippen LogP contribution < -0.4 is 10.9 Å². The lowest BCUT2D eigenvalue weighted by Crippen LogP contribution is -2.34. The molecule has 0 unspecified atom stereocenters. The van der Waals surface area contributed by atoms with Gasteiger partial charge >= 0.3 is 0 Å². The van der Waals surface area contributed by atoms with Gasteiger partial charge in [-0.3, -0.25) is 14.2 Å². The summed E-state index contributed by atoms with van der Waals surface area (Å²) in [4.78, 5) is 28.5. The molecule has 0 radical (unpaired) electrons. The van der Waals surface area contributed by atoms with Gasteiger partial charge in [-0.15, -0.1) is 0 Å². The molecule has 0 saturated carbocycles. The summed E-state index contributed by atoms with van der Waals surface area (Å²) in [6, 6.07) is 7.34. The number of nitrogens with one attached hydrogen (secondary N) is 1. The number of carbonyl (C=O) groups is 1. The summed E-state index contributed by atoms with van der Waals surface area (Å²) in [6.45, 7) is 4.53. The first-order valence-corrected chi connectivity index (χ1v) is 7.19. The number of benzene rings is 1. The van der Waals surface area contributed by atoms with Crippen molar-refractivity contribution in [3.8, 4) is 0 Å². The quantitative estimate of drug-likeness (QED) is 0.798. The van der Waals surface area contributed by atoms with Crippen LogP contribution in [0.4, 0.5) is 0 Å². The summed E-state index contributed by atoms with van der Waals surface area (Å²) in [5, 5.41) is 3.57. The second-order valence-corrected chi connectivity index (χ2v) is 5.65. The van der Waals surface area contributed by atoms with Gasteiger partial charge in [-0.25, -0.2) is 4.98 Å². The van der Waals surface area contributed by atoms with Gasteiger partial charge in [0.15, 0.2) is 0 Å². The Kier molecular flexibility index (Phi) is 3.66. The van der Waals surface area contributed by atoms with Crippen molar-refractivity contribution in [3.05, 3.63) is 40.9 Å². The predicted molar refractivity (Wildman–Crippen MR) is 83.6 cm³/mol. The number of nitrogens with zero attached hydrogens (tertiary/aromatic N) is 2. The van der Waals surface area contributed by atoms with Crippen molar-refractivity contribution in [2.75, 3.05) is 6.54 Å². The maximum Gasteiger partial charge on any atom is 0.297 e. The molecule has 1 N–H and O–H groups in total. The summed E-state index contributed by atoms with van der Waals surface area (Å²) >= 11 is 0. The maximum atomic E-state index is 12.4. The van der Waals surface area contributed by atoms with Gasteiger partial charge in [-0.2, -0.15) is 0 Å². The number of furan rings is 1. The number of carbonyl (C=O) groups excluding carboxylic acids is 1. The molecule has 3 aromatic rings. The largest absolute Gasteiger partial charge is 0.448 e. The lowest BCUT2D eigenvalue weighted by atomic mass is 10.2.